The minimum atomic E-state index is -3.36. The van der Waals surface area contributed by atoms with Crippen molar-refractivity contribution in [1.82, 2.24) is 0 Å². The van der Waals surface area contributed by atoms with E-state index >= 15 is 0 Å². The summed E-state index contributed by atoms with van der Waals surface area (Å²) in [4.78, 5) is 9.08. The molecule has 0 aromatic carbocycles. The van der Waals surface area contributed by atoms with Gasteiger partial charge in [-0.25, -0.2) is 0 Å². The summed E-state index contributed by atoms with van der Waals surface area (Å²) < 4.78 is 15.8. The normalized spacial score (nSPS) is 44.8. The molecule has 4 heteroatoms. The second-order valence-corrected chi connectivity index (χ2v) is 4.77. The van der Waals surface area contributed by atoms with Crippen LogP contribution in [0.2, 0.25) is 0 Å². The molecule has 11 heavy (non-hydrogen) atoms. The van der Waals surface area contributed by atoms with E-state index in [2.05, 4.69) is 5.92 Å². The van der Waals surface area contributed by atoms with Gasteiger partial charge in [0.25, 0.3) is 0 Å². The second-order valence-electron chi connectivity index (χ2n) is 2.92. The Labute approximate surface area is 66.3 Å². The van der Waals surface area contributed by atoms with Gasteiger partial charge in [0.2, 0.25) is 0 Å². The maximum Gasteiger partial charge on any atom is 0.329 e. The fourth-order valence-electron chi connectivity index (χ4n) is 1.22. The van der Waals surface area contributed by atoms with E-state index in [1.54, 1.807) is 0 Å². The smallest absolute Gasteiger partial charge is 0.324 e. The molecule has 1 N–H and O–H groups in total. The zero-order valence-corrected chi connectivity index (χ0v) is 7.25. The van der Waals surface area contributed by atoms with E-state index in [0.29, 0.717) is 6.42 Å². The first-order chi connectivity index (χ1) is 5.03. The molecular weight excluding hydrogens is 163 g/mol. The van der Waals surface area contributed by atoms with Gasteiger partial charge in [0, 0.05) is 0 Å². The Morgan fingerprint density at radius 2 is 2.45 bits per heavy atom. The summed E-state index contributed by atoms with van der Waals surface area (Å²) in [6.45, 7) is 1.90. The van der Waals surface area contributed by atoms with Crippen LogP contribution in [0.25, 0.3) is 0 Å². The summed E-state index contributed by atoms with van der Waals surface area (Å²) in [6, 6.07) is 0. The number of terminal acetylenes is 1. The van der Waals surface area contributed by atoms with E-state index in [9.17, 15) is 4.57 Å². The highest BCUT2D eigenvalue weighted by atomic mass is 31.2. The zero-order valence-electron chi connectivity index (χ0n) is 6.36. The minimum absolute atomic E-state index is 0.181. The van der Waals surface area contributed by atoms with Gasteiger partial charge in [-0.05, 0) is 12.3 Å². The lowest BCUT2D eigenvalue weighted by Crippen LogP contribution is -2.22. The van der Waals surface area contributed by atoms with E-state index in [4.69, 9.17) is 15.8 Å². The van der Waals surface area contributed by atoms with Gasteiger partial charge in [0.15, 0.2) is 0 Å². The van der Waals surface area contributed by atoms with Gasteiger partial charge < -0.3 is 4.89 Å². The Bertz CT molecular complexity index is 230. The number of hydrogen-bond acceptors (Lipinski definition) is 2. The standard InChI is InChI=1S/C7H11O3P/c1-3-7-4-6(2)5-11(8,9)10-7/h1,6-7H,4-5H2,2H3,(H,8,9). The van der Waals surface area contributed by atoms with Crippen molar-refractivity contribution in [2.45, 2.75) is 19.4 Å². The van der Waals surface area contributed by atoms with E-state index in [0.717, 1.165) is 0 Å². The Morgan fingerprint density at radius 3 is 2.91 bits per heavy atom. The molecule has 0 bridgehead atoms. The molecule has 0 aromatic heterocycles. The average molecular weight is 174 g/mol. The van der Waals surface area contributed by atoms with Crippen molar-refractivity contribution in [3.63, 3.8) is 0 Å². The molecule has 3 atom stereocenters. The van der Waals surface area contributed by atoms with Crippen LogP contribution in [-0.4, -0.2) is 17.2 Å². The number of rotatable bonds is 0. The Balaban J connectivity index is 2.68. The van der Waals surface area contributed by atoms with Crippen molar-refractivity contribution < 1.29 is 14.0 Å². The van der Waals surface area contributed by atoms with Gasteiger partial charge in [-0.15, -0.1) is 6.42 Å². The summed E-state index contributed by atoms with van der Waals surface area (Å²) >= 11 is 0. The van der Waals surface area contributed by atoms with Crippen LogP contribution in [0.15, 0.2) is 0 Å². The Hall–Kier alpha value is -0.290. The van der Waals surface area contributed by atoms with Crippen molar-refractivity contribution >= 4 is 7.60 Å². The van der Waals surface area contributed by atoms with E-state index < -0.39 is 13.7 Å². The summed E-state index contributed by atoms with van der Waals surface area (Å²) in [5.74, 6) is 2.52. The lowest BCUT2D eigenvalue weighted by Gasteiger charge is -2.27. The summed E-state index contributed by atoms with van der Waals surface area (Å²) in [7, 11) is -3.36. The van der Waals surface area contributed by atoms with E-state index in [1.807, 2.05) is 6.92 Å². The average Bonchev–Trinajstić information content (AvgIpc) is 1.83. The predicted octanol–water partition coefficient (Wildman–Crippen LogP) is 1.23. The van der Waals surface area contributed by atoms with Gasteiger partial charge in [-0.1, -0.05) is 12.8 Å². The monoisotopic (exact) mass is 174 g/mol. The van der Waals surface area contributed by atoms with Crippen LogP contribution in [0.4, 0.5) is 0 Å². The maximum absolute atomic E-state index is 11.1. The highest BCUT2D eigenvalue weighted by Gasteiger charge is 2.33. The third-order valence-corrected chi connectivity index (χ3v) is 3.31. The molecule has 3 nitrogen and oxygen atoms in total. The van der Waals surface area contributed by atoms with Gasteiger partial charge >= 0.3 is 7.60 Å². The molecule has 0 spiro atoms. The van der Waals surface area contributed by atoms with E-state index in [1.165, 1.54) is 0 Å². The summed E-state index contributed by atoms with van der Waals surface area (Å²) in [5, 5.41) is 0. The first-order valence-corrected chi connectivity index (χ1v) is 5.26. The van der Waals surface area contributed by atoms with Crippen LogP contribution in [0, 0.1) is 18.3 Å². The molecule has 1 rings (SSSR count). The maximum atomic E-state index is 11.1. The highest BCUT2D eigenvalue weighted by molar-refractivity contribution is 7.52. The molecule has 1 fully saturated rings. The van der Waals surface area contributed by atoms with Gasteiger partial charge in [-0.2, -0.15) is 0 Å². The molecule has 0 aliphatic carbocycles. The minimum Gasteiger partial charge on any atom is -0.324 e. The molecule has 1 aliphatic rings. The Morgan fingerprint density at radius 1 is 1.82 bits per heavy atom. The lowest BCUT2D eigenvalue weighted by molar-refractivity contribution is 0.169. The van der Waals surface area contributed by atoms with Crippen LogP contribution in [0.3, 0.4) is 0 Å². The van der Waals surface area contributed by atoms with Crippen LogP contribution >= 0.6 is 7.60 Å². The molecule has 1 saturated heterocycles. The molecule has 1 aliphatic heterocycles. The molecule has 0 aromatic rings. The van der Waals surface area contributed by atoms with Crippen LogP contribution < -0.4 is 0 Å². The fourth-order valence-corrected chi connectivity index (χ4v) is 2.78. The SMILES string of the molecule is C#CC1CC(C)CP(=O)(O)O1. The van der Waals surface area contributed by atoms with Crippen LogP contribution in [0.5, 0.6) is 0 Å². The van der Waals surface area contributed by atoms with Crippen molar-refractivity contribution in [2.24, 2.45) is 5.92 Å². The molecule has 3 unspecified atom stereocenters. The predicted molar refractivity (Wildman–Crippen MR) is 42.2 cm³/mol. The third-order valence-electron chi connectivity index (χ3n) is 1.64. The molecular formula is C7H11O3P. The van der Waals surface area contributed by atoms with Crippen LogP contribution in [-0.2, 0) is 9.09 Å². The topological polar surface area (TPSA) is 46.5 Å². The van der Waals surface area contributed by atoms with Crippen LogP contribution in [0.1, 0.15) is 13.3 Å². The molecule has 1 heterocycles. The van der Waals surface area contributed by atoms with Gasteiger partial charge in [-0.3, -0.25) is 9.09 Å². The first-order valence-electron chi connectivity index (χ1n) is 3.50. The van der Waals surface area contributed by atoms with Gasteiger partial charge in [0.1, 0.15) is 6.10 Å². The first kappa shape index (κ1) is 8.80. The zero-order chi connectivity index (χ0) is 8.48. The van der Waals surface area contributed by atoms with E-state index in [-0.39, 0.29) is 12.1 Å². The van der Waals surface area contributed by atoms with Crippen molar-refractivity contribution in [2.75, 3.05) is 6.16 Å². The molecule has 62 valence electrons. The van der Waals surface area contributed by atoms with Crippen molar-refractivity contribution in [3.8, 4) is 12.3 Å². The van der Waals surface area contributed by atoms with Gasteiger partial charge in [0.05, 0.1) is 6.16 Å². The third kappa shape index (κ3) is 2.34. The summed E-state index contributed by atoms with van der Waals surface area (Å²) in [6.07, 6.45) is 5.51. The number of hydrogen-bond donors (Lipinski definition) is 1. The molecule has 0 radical (unpaired) electrons. The molecule has 0 amide bonds. The second kappa shape index (κ2) is 2.98. The van der Waals surface area contributed by atoms with Crippen molar-refractivity contribution in [3.05, 3.63) is 0 Å². The quantitative estimate of drug-likeness (QED) is 0.443. The van der Waals surface area contributed by atoms with Crippen molar-refractivity contribution in [1.29, 1.82) is 0 Å². The fraction of sp³-hybridized carbons (Fsp3) is 0.714. The largest absolute Gasteiger partial charge is 0.329 e. The summed E-state index contributed by atoms with van der Waals surface area (Å²) in [5.41, 5.74) is 0. The molecule has 0 saturated carbocycles. The lowest BCUT2D eigenvalue weighted by atomic mass is 10.1. The highest BCUT2D eigenvalue weighted by Crippen LogP contribution is 2.49. The Kier molecular flexibility index (Phi) is 2.39.